The Bertz CT molecular complexity index is 1160. The van der Waals surface area contributed by atoms with Crippen molar-refractivity contribution >= 4 is 29.4 Å². The van der Waals surface area contributed by atoms with Crippen LogP contribution in [0.25, 0.3) is 0 Å². The Morgan fingerprint density at radius 3 is 2.33 bits per heavy atom. The molecule has 0 saturated carbocycles. The average Bonchev–Trinajstić information content (AvgIpc) is 2.83. The lowest BCUT2D eigenvalue weighted by Crippen LogP contribution is -2.17. The van der Waals surface area contributed by atoms with Crippen molar-refractivity contribution in [3.63, 3.8) is 0 Å². The van der Waals surface area contributed by atoms with E-state index in [1.807, 2.05) is 0 Å². The fraction of sp³-hybridized carbons (Fsp3) is 0.130. The van der Waals surface area contributed by atoms with Crippen molar-refractivity contribution in [2.75, 3.05) is 14.2 Å². The van der Waals surface area contributed by atoms with Crippen LogP contribution in [0.5, 0.6) is 17.2 Å². The summed E-state index contributed by atoms with van der Waals surface area (Å²) < 4.78 is 16.2. The highest BCUT2D eigenvalue weighted by molar-refractivity contribution is 6.30. The first-order valence-corrected chi connectivity index (χ1v) is 9.99. The number of hydrogen-bond acceptors (Lipinski definition) is 7. The van der Waals surface area contributed by atoms with Crippen molar-refractivity contribution in [1.82, 2.24) is 5.43 Å². The summed E-state index contributed by atoms with van der Waals surface area (Å²) in [7, 11) is 2.98. The number of amides is 1. The van der Waals surface area contributed by atoms with E-state index in [1.54, 1.807) is 48.5 Å². The molecular weight excluding hydrogens is 450 g/mol. The van der Waals surface area contributed by atoms with Crippen molar-refractivity contribution in [1.29, 1.82) is 0 Å². The third-order valence-corrected chi connectivity index (χ3v) is 4.73. The molecule has 0 saturated heterocycles. The number of carbonyl (C=O) groups excluding carboxylic acids is 1. The number of non-ortho nitro benzene ring substituents is 1. The molecule has 3 aromatic rings. The number of halogens is 1. The number of hydrogen-bond donors (Lipinski definition) is 1. The molecule has 0 heterocycles. The lowest BCUT2D eigenvalue weighted by molar-refractivity contribution is -0.384. The predicted molar refractivity (Wildman–Crippen MR) is 123 cm³/mol. The highest BCUT2D eigenvalue weighted by Crippen LogP contribution is 2.24. The van der Waals surface area contributed by atoms with Gasteiger partial charge in [0.15, 0.2) is 0 Å². The van der Waals surface area contributed by atoms with Gasteiger partial charge in [-0.3, -0.25) is 14.9 Å². The van der Waals surface area contributed by atoms with Crippen molar-refractivity contribution in [3.05, 3.63) is 92.5 Å². The predicted octanol–water partition coefficient (Wildman–Crippen LogP) is 4.61. The van der Waals surface area contributed by atoms with Gasteiger partial charge < -0.3 is 14.2 Å². The molecule has 0 aliphatic rings. The minimum Gasteiger partial charge on any atom is -0.497 e. The molecular formula is C23H20ClN3O6. The number of ether oxygens (including phenoxy) is 3. The van der Waals surface area contributed by atoms with Crippen LogP contribution in [0, 0.1) is 10.1 Å². The molecule has 9 nitrogen and oxygen atoms in total. The average molecular weight is 470 g/mol. The lowest BCUT2D eigenvalue weighted by atomic mass is 10.2. The SMILES string of the molecule is COc1cc(OC)cc(C(=O)N/N=C\c2cc(Cl)ccc2OCc2ccc([N+](=O)[O-])cc2)c1. The largest absolute Gasteiger partial charge is 0.497 e. The molecule has 33 heavy (non-hydrogen) atoms. The van der Waals surface area contributed by atoms with Gasteiger partial charge in [-0.15, -0.1) is 0 Å². The second-order valence-electron chi connectivity index (χ2n) is 6.69. The quantitative estimate of drug-likeness (QED) is 0.278. The summed E-state index contributed by atoms with van der Waals surface area (Å²) in [5, 5.41) is 15.2. The van der Waals surface area contributed by atoms with Gasteiger partial charge in [-0.1, -0.05) is 11.6 Å². The smallest absolute Gasteiger partial charge is 0.271 e. The Morgan fingerprint density at radius 2 is 1.73 bits per heavy atom. The zero-order valence-electron chi connectivity index (χ0n) is 17.8. The molecule has 0 atom stereocenters. The van der Waals surface area contributed by atoms with Gasteiger partial charge in [0, 0.05) is 34.3 Å². The molecule has 1 amide bonds. The number of benzene rings is 3. The van der Waals surface area contributed by atoms with Gasteiger partial charge in [0.1, 0.15) is 23.9 Å². The molecule has 3 aromatic carbocycles. The number of nitrogens with one attached hydrogen (secondary N) is 1. The summed E-state index contributed by atoms with van der Waals surface area (Å²) in [6, 6.07) is 15.8. The van der Waals surface area contributed by atoms with E-state index in [0.29, 0.717) is 33.4 Å². The topological polar surface area (TPSA) is 112 Å². The molecule has 0 aliphatic carbocycles. The fourth-order valence-corrected chi connectivity index (χ4v) is 2.97. The van der Waals surface area contributed by atoms with Crippen LogP contribution in [-0.2, 0) is 6.61 Å². The molecule has 0 unspecified atom stereocenters. The molecule has 0 aromatic heterocycles. The summed E-state index contributed by atoms with van der Waals surface area (Å²) in [6.07, 6.45) is 1.41. The Kier molecular flexibility index (Phi) is 7.82. The van der Waals surface area contributed by atoms with E-state index in [4.69, 9.17) is 25.8 Å². The summed E-state index contributed by atoms with van der Waals surface area (Å²) in [4.78, 5) is 22.8. The molecule has 0 radical (unpaired) electrons. The number of carbonyl (C=O) groups is 1. The molecule has 3 rings (SSSR count). The van der Waals surface area contributed by atoms with Crippen LogP contribution in [0.3, 0.4) is 0 Å². The van der Waals surface area contributed by atoms with Crippen LogP contribution in [0.2, 0.25) is 5.02 Å². The number of methoxy groups -OCH3 is 2. The number of nitro benzene ring substituents is 1. The highest BCUT2D eigenvalue weighted by atomic mass is 35.5. The zero-order valence-corrected chi connectivity index (χ0v) is 18.5. The summed E-state index contributed by atoms with van der Waals surface area (Å²) in [5.41, 5.74) is 4.04. The van der Waals surface area contributed by atoms with Crippen LogP contribution in [0.1, 0.15) is 21.5 Å². The molecule has 170 valence electrons. The van der Waals surface area contributed by atoms with Gasteiger partial charge in [0.25, 0.3) is 11.6 Å². The highest BCUT2D eigenvalue weighted by Gasteiger charge is 2.10. The van der Waals surface area contributed by atoms with E-state index in [0.717, 1.165) is 5.56 Å². The monoisotopic (exact) mass is 469 g/mol. The molecule has 0 bridgehead atoms. The van der Waals surface area contributed by atoms with Gasteiger partial charge in [-0.2, -0.15) is 5.10 Å². The third-order valence-electron chi connectivity index (χ3n) is 4.50. The van der Waals surface area contributed by atoms with Gasteiger partial charge in [-0.05, 0) is 48.0 Å². The minimum atomic E-state index is -0.464. The molecule has 0 spiro atoms. The van der Waals surface area contributed by atoms with E-state index >= 15 is 0 Å². The minimum absolute atomic E-state index is 0.00228. The normalized spacial score (nSPS) is 10.6. The van der Waals surface area contributed by atoms with Crippen LogP contribution >= 0.6 is 11.6 Å². The summed E-state index contributed by atoms with van der Waals surface area (Å²) in [6.45, 7) is 0.177. The van der Waals surface area contributed by atoms with Gasteiger partial charge in [0.05, 0.1) is 25.4 Å². The van der Waals surface area contributed by atoms with Gasteiger partial charge in [0.2, 0.25) is 0 Å². The number of nitrogens with zero attached hydrogens (tertiary/aromatic N) is 2. The van der Waals surface area contributed by atoms with Crippen LogP contribution in [0.15, 0.2) is 65.8 Å². The maximum atomic E-state index is 12.5. The van der Waals surface area contributed by atoms with Gasteiger partial charge >= 0.3 is 0 Å². The maximum absolute atomic E-state index is 12.5. The van der Waals surface area contributed by atoms with E-state index in [1.165, 1.54) is 32.6 Å². The maximum Gasteiger partial charge on any atom is 0.271 e. The Labute approximate surface area is 194 Å². The van der Waals surface area contributed by atoms with Crippen LogP contribution in [0.4, 0.5) is 5.69 Å². The Hall–Kier alpha value is -4.11. The van der Waals surface area contributed by atoms with Crippen molar-refractivity contribution in [2.24, 2.45) is 5.10 Å². The second-order valence-corrected chi connectivity index (χ2v) is 7.13. The summed E-state index contributed by atoms with van der Waals surface area (Å²) >= 11 is 6.09. The first-order valence-electron chi connectivity index (χ1n) is 9.61. The Morgan fingerprint density at radius 1 is 1.06 bits per heavy atom. The zero-order chi connectivity index (χ0) is 23.8. The number of hydrazone groups is 1. The molecule has 10 heteroatoms. The molecule has 0 aliphatic heterocycles. The summed E-state index contributed by atoms with van der Waals surface area (Å²) in [5.74, 6) is 0.957. The van der Waals surface area contributed by atoms with E-state index in [-0.39, 0.29) is 12.3 Å². The first kappa shape index (κ1) is 23.6. The third kappa shape index (κ3) is 6.44. The van der Waals surface area contributed by atoms with Crippen LogP contribution < -0.4 is 19.6 Å². The number of rotatable bonds is 9. The van der Waals surface area contributed by atoms with E-state index in [2.05, 4.69) is 10.5 Å². The lowest BCUT2D eigenvalue weighted by Gasteiger charge is -2.10. The Balaban J connectivity index is 1.70. The first-order chi connectivity index (χ1) is 15.9. The van der Waals surface area contributed by atoms with Gasteiger partial charge in [-0.25, -0.2) is 5.43 Å². The van der Waals surface area contributed by atoms with Crippen molar-refractivity contribution in [2.45, 2.75) is 6.61 Å². The van der Waals surface area contributed by atoms with Crippen molar-refractivity contribution < 1.29 is 23.9 Å². The number of nitro groups is 1. The van der Waals surface area contributed by atoms with E-state index in [9.17, 15) is 14.9 Å². The fourth-order valence-electron chi connectivity index (χ4n) is 2.79. The van der Waals surface area contributed by atoms with E-state index < -0.39 is 10.8 Å². The molecule has 1 N–H and O–H groups in total. The van der Waals surface area contributed by atoms with Crippen LogP contribution in [-0.4, -0.2) is 31.3 Å². The standard InChI is InChI=1S/C23H20ClN3O6/c1-31-20-10-16(11-21(12-20)32-2)23(28)26-25-13-17-9-18(24)5-8-22(17)33-14-15-3-6-19(7-4-15)27(29)30/h3-13H,14H2,1-2H3,(H,26,28)/b25-13-. The second kappa shape index (κ2) is 11.0. The van der Waals surface area contributed by atoms with Crippen molar-refractivity contribution in [3.8, 4) is 17.2 Å². The molecule has 0 fully saturated rings.